The fraction of sp³-hybridized carbons (Fsp3) is 0.800. The molecule has 0 saturated carbocycles. The van der Waals surface area contributed by atoms with E-state index in [4.69, 9.17) is 4.74 Å². The van der Waals surface area contributed by atoms with E-state index in [9.17, 15) is 4.79 Å². The maximum absolute atomic E-state index is 11.9. The van der Waals surface area contributed by atoms with Crippen LogP contribution in [0.1, 0.15) is 33.6 Å². The molecule has 1 rings (SSSR count). The van der Waals surface area contributed by atoms with E-state index in [1.54, 1.807) is 0 Å². The van der Waals surface area contributed by atoms with Crippen molar-refractivity contribution in [2.75, 3.05) is 33.2 Å². The number of nitrogens with zero attached hydrogens (tertiary/aromatic N) is 2. The zero-order valence-corrected chi connectivity index (χ0v) is 12.8. The number of piperidine rings is 1. The Balaban J connectivity index is 2.32. The van der Waals surface area contributed by atoms with E-state index in [-0.39, 0.29) is 6.09 Å². The molecule has 19 heavy (non-hydrogen) atoms. The summed E-state index contributed by atoms with van der Waals surface area (Å²) in [6, 6.07) is 0. The van der Waals surface area contributed by atoms with Gasteiger partial charge in [-0.2, -0.15) is 0 Å². The van der Waals surface area contributed by atoms with E-state index in [1.807, 2.05) is 31.7 Å². The van der Waals surface area contributed by atoms with Crippen LogP contribution in [0, 0.1) is 5.92 Å². The molecule has 1 heterocycles. The van der Waals surface area contributed by atoms with E-state index in [1.165, 1.54) is 0 Å². The van der Waals surface area contributed by atoms with Gasteiger partial charge in [0, 0.05) is 26.2 Å². The average molecular weight is 268 g/mol. The maximum atomic E-state index is 11.9. The van der Waals surface area contributed by atoms with E-state index in [2.05, 4.69) is 18.5 Å². The lowest BCUT2D eigenvalue weighted by molar-refractivity contribution is 0.0174. The van der Waals surface area contributed by atoms with Crippen molar-refractivity contribution in [2.45, 2.75) is 39.2 Å². The van der Waals surface area contributed by atoms with E-state index in [0.717, 1.165) is 39.0 Å². The SMILES string of the molecule is C=CCN(C)CC1CCN(C(=O)OC(C)(C)C)CC1. The van der Waals surface area contributed by atoms with Gasteiger partial charge in [-0.3, -0.25) is 0 Å². The Labute approximate surface area is 117 Å². The highest BCUT2D eigenvalue weighted by molar-refractivity contribution is 5.68. The van der Waals surface area contributed by atoms with E-state index < -0.39 is 5.60 Å². The van der Waals surface area contributed by atoms with Crippen molar-refractivity contribution in [1.82, 2.24) is 9.80 Å². The van der Waals surface area contributed by atoms with Gasteiger partial charge in [-0.15, -0.1) is 6.58 Å². The van der Waals surface area contributed by atoms with Crippen molar-refractivity contribution < 1.29 is 9.53 Å². The summed E-state index contributed by atoms with van der Waals surface area (Å²) >= 11 is 0. The molecule has 4 heteroatoms. The summed E-state index contributed by atoms with van der Waals surface area (Å²) in [5.74, 6) is 0.670. The van der Waals surface area contributed by atoms with E-state index >= 15 is 0 Å². The molecule has 0 bridgehead atoms. The molecule has 110 valence electrons. The predicted molar refractivity (Wildman–Crippen MR) is 78.2 cm³/mol. The Bertz CT molecular complexity index is 302. The lowest BCUT2D eigenvalue weighted by atomic mass is 9.96. The molecule has 1 fully saturated rings. The molecule has 0 spiro atoms. The van der Waals surface area contributed by atoms with Crippen LogP contribution >= 0.6 is 0 Å². The number of carbonyl (C=O) groups is 1. The van der Waals surface area contributed by atoms with Crippen LogP contribution in [0.5, 0.6) is 0 Å². The highest BCUT2D eigenvalue weighted by Gasteiger charge is 2.27. The zero-order valence-electron chi connectivity index (χ0n) is 12.8. The van der Waals surface area contributed by atoms with Gasteiger partial charge in [-0.1, -0.05) is 6.08 Å². The third-order valence-electron chi connectivity index (χ3n) is 3.28. The van der Waals surface area contributed by atoms with E-state index in [0.29, 0.717) is 5.92 Å². The summed E-state index contributed by atoms with van der Waals surface area (Å²) < 4.78 is 5.40. The summed E-state index contributed by atoms with van der Waals surface area (Å²) in [7, 11) is 2.11. The van der Waals surface area contributed by atoms with Crippen LogP contribution in [-0.2, 0) is 4.74 Å². The standard InChI is InChI=1S/C15H28N2O2/c1-6-9-16(5)12-13-7-10-17(11-8-13)14(18)19-15(2,3)4/h6,13H,1,7-12H2,2-5H3. The molecule has 0 N–H and O–H groups in total. The molecular formula is C15H28N2O2. The van der Waals surface area contributed by atoms with Crippen LogP contribution in [0.3, 0.4) is 0 Å². The van der Waals surface area contributed by atoms with Gasteiger partial charge in [0.2, 0.25) is 0 Å². The molecule has 0 radical (unpaired) electrons. The molecule has 0 aliphatic carbocycles. The van der Waals surface area contributed by atoms with Gasteiger partial charge >= 0.3 is 6.09 Å². The first kappa shape index (κ1) is 16.0. The number of amides is 1. The third-order valence-corrected chi connectivity index (χ3v) is 3.28. The number of likely N-dealkylation sites (tertiary alicyclic amines) is 1. The number of hydrogen-bond donors (Lipinski definition) is 0. The minimum Gasteiger partial charge on any atom is -0.444 e. The van der Waals surface area contributed by atoms with Gasteiger partial charge in [0.25, 0.3) is 0 Å². The number of rotatable bonds is 4. The quantitative estimate of drug-likeness (QED) is 0.735. The number of ether oxygens (including phenoxy) is 1. The zero-order chi connectivity index (χ0) is 14.5. The highest BCUT2D eigenvalue weighted by atomic mass is 16.6. The Morgan fingerprint density at radius 3 is 2.47 bits per heavy atom. The van der Waals surface area contributed by atoms with Crippen molar-refractivity contribution >= 4 is 6.09 Å². The topological polar surface area (TPSA) is 32.8 Å². The fourth-order valence-electron chi connectivity index (χ4n) is 2.36. The molecular weight excluding hydrogens is 240 g/mol. The van der Waals surface area contributed by atoms with Crippen molar-refractivity contribution in [3.63, 3.8) is 0 Å². The first-order valence-corrected chi connectivity index (χ1v) is 7.09. The molecule has 4 nitrogen and oxygen atoms in total. The Morgan fingerprint density at radius 1 is 1.42 bits per heavy atom. The van der Waals surface area contributed by atoms with Crippen molar-refractivity contribution in [1.29, 1.82) is 0 Å². The Morgan fingerprint density at radius 2 is 2.00 bits per heavy atom. The minimum atomic E-state index is -0.405. The molecule has 1 saturated heterocycles. The fourth-order valence-corrected chi connectivity index (χ4v) is 2.36. The van der Waals surface area contributed by atoms with Gasteiger partial charge in [0.15, 0.2) is 0 Å². The number of likely N-dealkylation sites (N-methyl/N-ethyl adjacent to an activating group) is 1. The summed E-state index contributed by atoms with van der Waals surface area (Å²) in [5, 5.41) is 0. The van der Waals surface area contributed by atoms with Crippen LogP contribution in [-0.4, -0.2) is 54.7 Å². The lowest BCUT2D eigenvalue weighted by Crippen LogP contribution is -2.43. The van der Waals surface area contributed by atoms with Crippen molar-refractivity contribution in [3.05, 3.63) is 12.7 Å². The maximum Gasteiger partial charge on any atom is 0.410 e. The van der Waals surface area contributed by atoms with Gasteiger partial charge in [-0.05, 0) is 46.6 Å². The molecule has 1 aliphatic rings. The third kappa shape index (κ3) is 6.10. The van der Waals surface area contributed by atoms with Crippen LogP contribution in [0.25, 0.3) is 0 Å². The smallest absolute Gasteiger partial charge is 0.410 e. The second-order valence-electron chi connectivity index (χ2n) is 6.42. The molecule has 0 unspecified atom stereocenters. The lowest BCUT2D eigenvalue weighted by Gasteiger charge is -2.34. The second-order valence-corrected chi connectivity index (χ2v) is 6.42. The average Bonchev–Trinajstić information content (AvgIpc) is 2.27. The molecule has 0 aromatic rings. The Hall–Kier alpha value is -1.03. The normalized spacial score (nSPS) is 17.6. The van der Waals surface area contributed by atoms with Crippen LogP contribution in [0.2, 0.25) is 0 Å². The van der Waals surface area contributed by atoms with Gasteiger partial charge < -0.3 is 14.5 Å². The first-order valence-electron chi connectivity index (χ1n) is 7.09. The van der Waals surface area contributed by atoms with Gasteiger partial charge in [0.05, 0.1) is 0 Å². The summed E-state index contributed by atoms with van der Waals surface area (Å²) in [6.45, 7) is 13.1. The van der Waals surface area contributed by atoms with Crippen LogP contribution < -0.4 is 0 Å². The van der Waals surface area contributed by atoms with Crippen molar-refractivity contribution in [3.8, 4) is 0 Å². The largest absolute Gasteiger partial charge is 0.444 e. The van der Waals surface area contributed by atoms with Crippen LogP contribution in [0.4, 0.5) is 4.79 Å². The molecule has 0 atom stereocenters. The van der Waals surface area contributed by atoms with Gasteiger partial charge in [0.1, 0.15) is 5.60 Å². The summed E-state index contributed by atoms with van der Waals surface area (Å²) in [6.07, 6.45) is 3.86. The minimum absolute atomic E-state index is 0.176. The van der Waals surface area contributed by atoms with Crippen LogP contribution in [0.15, 0.2) is 12.7 Å². The Kier molecular flexibility index (Phi) is 5.85. The number of hydrogen-bond acceptors (Lipinski definition) is 3. The monoisotopic (exact) mass is 268 g/mol. The second kappa shape index (κ2) is 6.94. The summed E-state index contributed by atoms with van der Waals surface area (Å²) in [4.78, 5) is 16.0. The molecule has 1 amide bonds. The molecule has 1 aliphatic heterocycles. The number of carbonyl (C=O) groups excluding carboxylic acids is 1. The molecule has 0 aromatic heterocycles. The summed E-state index contributed by atoms with van der Waals surface area (Å²) in [5.41, 5.74) is -0.405. The molecule has 0 aromatic carbocycles. The van der Waals surface area contributed by atoms with Crippen molar-refractivity contribution in [2.24, 2.45) is 5.92 Å². The first-order chi connectivity index (χ1) is 8.81. The highest BCUT2D eigenvalue weighted by Crippen LogP contribution is 2.20. The predicted octanol–water partition coefficient (Wildman–Crippen LogP) is 2.75. The van der Waals surface area contributed by atoms with Gasteiger partial charge in [-0.25, -0.2) is 4.79 Å².